The van der Waals surface area contributed by atoms with Crippen molar-refractivity contribution in [3.05, 3.63) is 0 Å². The third-order valence-electron chi connectivity index (χ3n) is 4.84. The number of ether oxygens (including phenoxy) is 1. The van der Waals surface area contributed by atoms with E-state index in [9.17, 15) is 14.9 Å². The molecule has 21 heavy (non-hydrogen) atoms. The first-order valence-corrected chi connectivity index (χ1v) is 7.80. The second-order valence-electron chi connectivity index (χ2n) is 6.85. The number of carbonyl (C=O) groups excluding carboxylic acids is 2. The molecule has 4 atom stereocenters. The highest BCUT2D eigenvalue weighted by Gasteiger charge is 2.49. The Labute approximate surface area is 127 Å². The number of esters is 1. The van der Waals surface area contributed by atoms with Crippen LogP contribution in [0.5, 0.6) is 0 Å². The summed E-state index contributed by atoms with van der Waals surface area (Å²) in [6.45, 7) is 9.15. The molecular formula is C17H27NO3. The molecular weight excluding hydrogens is 266 g/mol. The van der Waals surface area contributed by atoms with E-state index in [2.05, 4.69) is 19.9 Å². The van der Waals surface area contributed by atoms with Gasteiger partial charge in [0.1, 0.15) is 11.4 Å². The van der Waals surface area contributed by atoms with E-state index in [-0.39, 0.29) is 23.6 Å². The lowest BCUT2D eigenvalue weighted by molar-refractivity contribution is -0.171. The van der Waals surface area contributed by atoms with E-state index in [1.165, 1.54) is 6.92 Å². The van der Waals surface area contributed by atoms with Gasteiger partial charge in [0.05, 0.1) is 12.0 Å². The first kappa shape index (κ1) is 17.7. The standard InChI is InChI=1S/C17H27NO3/c1-11(2)14-8-9-17(5,21-13(4)20)16(15(14)10-18)7-6-12(3)19/h11,14-16H,6-9H2,1-5H3/t14-,15-,16-,17-/m1/s1. The summed E-state index contributed by atoms with van der Waals surface area (Å²) in [7, 11) is 0. The van der Waals surface area contributed by atoms with Crippen LogP contribution >= 0.6 is 0 Å². The number of carbonyl (C=O) groups is 2. The lowest BCUT2D eigenvalue weighted by Crippen LogP contribution is -2.49. The van der Waals surface area contributed by atoms with Gasteiger partial charge in [0, 0.05) is 19.3 Å². The van der Waals surface area contributed by atoms with Gasteiger partial charge in [-0.15, -0.1) is 0 Å². The summed E-state index contributed by atoms with van der Waals surface area (Å²) in [5.74, 6) is 0.277. The third kappa shape index (κ3) is 4.30. The molecule has 118 valence electrons. The fraction of sp³-hybridized carbons (Fsp3) is 0.824. The molecule has 0 unspecified atom stereocenters. The predicted octanol–water partition coefficient (Wildman–Crippen LogP) is 3.50. The van der Waals surface area contributed by atoms with Gasteiger partial charge in [-0.2, -0.15) is 5.26 Å². The Bertz CT molecular complexity index is 438. The van der Waals surface area contributed by atoms with E-state index in [0.717, 1.165) is 12.8 Å². The Balaban J connectivity index is 3.06. The van der Waals surface area contributed by atoms with Crippen molar-refractivity contribution in [1.82, 2.24) is 0 Å². The summed E-state index contributed by atoms with van der Waals surface area (Å²) in [4.78, 5) is 22.8. The Morgan fingerprint density at radius 2 is 2.00 bits per heavy atom. The Morgan fingerprint density at radius 3 is 2.43 bits per heavy atom. The summed E-state index contributed by atoms with van der Waals surface area (Å²) >= 11 is 0. The van der Waals surface area contributed by atoms with Gasteiger partial charge in [0.15, 0.2) is 0 Å². The first-order valence-electron chi connectivity index (χ1n) is 7.80. The van der Waals surface area contributed by atoms with Crippen molar-refractivity contribution in [2.24, 2.45) is 23.7 Å². The minimum absolute atomic E-state index is 0.0727. The summed E-state index contributed by atoms with van der Waals surface area (Å²) in [5, 5.41) is 9.64. The molecule has 1 saturated carbocycles. The van der Waals surface area contributed by atoms with Crippen LogP contribution in [0.15, 0.2) is 0 Å². The van der Waals surface area contributed by atoms with Crippen molar-refractivity contribution in [3.63, 3.8) is 0 Å². The number of nitriles is 1. The zero-order valence-corrected chi connectivity index (χ0v) is 13.8. The van der Waals surface area contributed by atoms with E-state index >= 15 is 0 Å². The van der Waals surface area contributed by atoms with E-state index < -0.39 is 5.60 Å². The van der Waals surface area contributed by atoms with Gasteiger partial charge < -0.3 is 9.53 Å². The van der Waals surface area contributed by atoms with Gasteiger partial charge >= 0.3 is 5.97 Å². The van der Waals surface area contributed by atoms with Crippen LogP contribution in [0, 0.1) is 35.0 Å². The maximum absolute atomic E-state index is 11.4. The van der Waals surface area contributed by atoms with Gasteiger partial charge in [0.2, 0.25) is 0 Å². The molecule has 4 heteroatoms. The van der Waals surface area contributed by atoms with Crippen molar-refractivity contribution >= 4 is 11.8 Å². The molecule has 1 aliphatic rings. The average molecular weight is 293 g/mol. The van der Waals surface area contributed by atoms with Crippen LogP contribution < -0.4 is 0 Å². The molecule has 0 bridgehead atoms. The molecule has 0 aromatic carbocycles. The molecule has 1 rings (SSSR count). The number of hydrogen-bond acceptors (Lipinski definition) is 4. The number of hydrogen-bond donors (Lipinski definition) is 0. The van der Waals surface area contributed by atoms with Crippen LogP contribution in [0.1, 0.15) is 60.3 Å². The first-order chi connectivity index (χ1) is 9.71. The van der Waals surface area contributed by atoms with Gasteiger partial charge in [-0.25, -0.2) is 0 Å². The highest BCUT2D eigenvalue weighted by molar-refractivity contribution is 5.75. The topological polar surface area (TPSA) is 67.2 Å². The molecule has 0 aliphatic heterocycles. The van der Waals surface area contributed by atoms with Crippen LogP contribution in [-0.4, -0.2) is 17.4 Å². The SMILES string of the molecule is CC(=O)CC[C@@H]1[C@H](C#N)[C@@H](C(C)C)CC[C@@]1(C)OC(C)=O. The largest absolute Gasteiger partial charge is 0.459 e. The van der Waals surface area contributed by atoms with E-state index in [4.69, 9.17) is 4.74 Å². The fourth-order valence-electron chi connectivity index (χ4n) is 3.73. The Kier molecular flexibility index (Phi) is 5.95. The predicted molar refractivity (Wildman–Crippen MR) is 80.2 cm³/mol. The fourth-order valence-corrected chi connectivity index (χ4v) is 3.73. The van der Waals surface area contributed by atoms with Crippen molar-refractivity contribution in [3.8, 4) is 6.07 Å². The zero-order chi connectivity index (χ0) is 16.2. The lowest BCUT2D eigenvalue weighted by Gasteiger charge is -2.47. The van der Waals surface area contributed by atoms with Crippen molar-refractivity contribution in [2.45, 2.75) is 65.9 Å². The number of rotatable bonds is 5. The number of nitrogens with zero attached hydrogens (tertiary/aromatic N) is 1. The molecule has 0 radical (unpaired) electrons. The Hall–Kier alpha value is -1.37. The molecule has 4 nitrogen and oxygen atoms in total. The van der Waals surface area contributed by atoms with Gasteiger partial charge in [-0.05, 0) is 44.9 Å². The van der Waals surface area contributed by atoms with Gasteiger partial charge in [-0.3, -0.25) is 4.79 Å². The summed E-state index contributed by atoms with van der Waals surface area (Å²) in [6, 6.07) is 2.43. The van der Waals surface area contributed by atoms with E-state index in [1.807, 2.05) is 6.92 Å². The Morgan fingerprint density at radius 1 is 1.38 bits per heavy atom. The summed E-state index contributed by atoms with van der Waals surface area (Å²) < 4.78 is 5.58. The molecule has 1 aliphatic carbocycles. The third-order valence-corrected chi connectivity index (χ3v) is 4.84. The molecule has 0 spiro atoms. The van der Waals surface area contributed by atoms with Crippen molar-refractivity contribution < 1.29 is 14.3 Å². The number of ketones is 1. The molecule has 0 heterocycles. The highest BCUT2D eigenvalue weighted by Crippen LogP contribution is 2.47. The molecule has 0 aromatic rings. The number of Topliss-reactive ketones (excluding diaryl/α,β-unsaturated/α-hetero) is 1. The monoisotopic (exact) mass is 293 g/mol. The molecule has 0 amide bonds. The lowest BCUT2D eigenvalue weighted by atomic mass is 9.61. The van der Waals surface area contributed by atoms with E-state index in [0.29, 0.717) is 24.7 Å². The minimum atomic E-state index is -0.632. The molecule has 1 fully saturated rings. The average Bonchev–Trinajstić information content (AvgIpc) is 2.34. The maximum atomic E-state index is 11.4. The quantitative estimate of drug-likeness (QED) is 0.728. The van der Waals surface area contributed by atoms with Crippen LogP contribution in [0.4, 0.5) is 0 Å². The van der Waals surface area contributed by atoms with Crippen LogP contribution in [0.3, 0.4) is 0 Å². The normalized spacial score (nSPS) is 32.5. The smallest absolute Gasteiger partial charge is 0.303 e. The van der Waals surface area contributed by atoms with Crippen LogP contribution in [0.25, 0.3) is 0 Å². The molecule has 0 aromatic heterocycles. The summed E-state index contributed by atoms with van der Waals surface area (Å²) in [5.41, 5.74) is -0.632. The van der Waals surface area contributed by atoms with Crippen molar-refractivity contribution in [1.29, 1.82) is 5.26 Å². The maximum Gasteiger partial charge on any atom is 0.303 e. The van der Waals surface area contributed by atoms with Gasteiger partial charge in [0.25, 0.3) is 0 Å². The highest BCUT2D eigenvalue weighted by atomic mass is 16.6. The van der Waals surface area contributed by atoms with E-state index in [1.54, 1.807) is 6.92 Å². The van der Waals surface area contributed by atoms with Gasteiger partial charge in [-0.1, -0.05) is 13.8 Å². The second-order valence-corrected chi connectivity index (χ2v) is 6.85. The molecule has 0 N–H and O–H groups in total. The van der Waals surface area contributed by atoms with Crippen molar-refractivity contribution in [2.75, 3.05) is 0 Å². The van der Waals surface area contributed by atoms with Crippen LogP contribution in [-0.2, 0) is 14.3 Å². The minimum Gasteiger partial charge on any atom is -0.459 e. The second kappa shape index (κ2) is 7.06. The summed E-state index contributed by atoms with van der Waals surface area (Å²) in [6.07, 6.45) is 2.69. The molecule has 0 saturated heterocycles. The zero-order valence-electron chi connectivity index (χ0n) is 13.8. The van der Waals surface area contributed by atoms with Crippen LogP contribution in [0.2, 0.25) is 0 Å².